The molecule has 1 amide bonds. The van der Waals surface area contributed by atoms with Gasteiger partial charge in [0.25, 0.3) is 5.91 Å². The van der Waals surface area contributed by atoms with E-state index in [0.29, 0.717) is 33.1 Å². The Morgan fingerprint density at radius 3 is 2.69 bits per heavy atom. The molecule has 0 radical (unpaired) electrons. The third kappa shape index (κ3) is 4.87. The van der Waals surface area contributed by atoms with Crippen LogP contribution in [0, 0.1) is 0 Å². The van der Waals surface area contributed by atoms with Gasteiger partial charge < -0.3 is 30.9 Å². The first kappa shape index (κ1) is 22.1. The Morgan fingerprint density at radius 2 is 1.97 bits per heavy atom. The van der Waals surface area contributed by atoms with E-state index in [2.05, 4.69) is 43.5 Å². The number of nitrogens with two attached hydrogens (primary N) is 1. The van der Waals surface area contributed by atoms with Gasteiger partial charge in [-0.1, -0.05) is 11.6 Å². The number of nitrogens with zero attached hydrogens (tertiary/aromatic N) is 4. The van der Waals surface area contributed by atoms with E-state index in [1.165, 1.54) is 17.5 Å². The van der Waals surface area contributed by atoms with Crippen LogP contribution in [0.3, 0.4) is 0 Å². The Kier molecular flexibility index (Phi) is 6.63. The van der Waals surface area contributed by atoms with E-state index in [1.54, 1.807) is 18.6 Å². The minimum absolute atomic E-state index is 0.314. The van der Waals surface area contributed by atoms with Crippen LogP contribution < -0.4 is 26.0 Å². The Bertz CT molecular complexity index is 1120. The Labute approximate surface area is 195 Å². The number of carbonyl (C=O) groups excluding carboxylic acids is 1. The molecule has 3 heterocycles. The molecule has 0 bridgehead atoms. The first-order chi connectivity index (χ1) is 15.4. The number of rotatable bonds is 7. The van der Waals surface area contributed by atoms with Gasteiger partial charge in [0, 0.05) is 37.9 Å². The van der Waals surface area contributed by atoms with Crippen molar-refractivity contribution in [1.29, 1.82) is 0 Å². The monoisotopic (exact) mass is 473 g/mol. The molecular weight excluding hydrogens is 450 g/mol. The number of ether oxygens (including phenoxy) is 1. The van der Waals surface area contributed by atoms with Gasteiger partial charge in [-0.3, -0.25) is 4.79 Å². The van der Waals surface area contributed by atoms with Crippen LogP contribution in [0.1, 0.15) is 9.67 Å². The van der Waals surface area contributed by atoms with Crippen LogP contribution in [0.2, 0.25) is 5.02 Å². The normalized spacial score (nSPS) is 14.3. The first-order valence-corrected chi connectivity index (χ1v) is 11.3. The lowest BCUT2D eigenvalue weighted by atomic mass is 10.2. The number of nitrogens with one attached hydrogen (secondary N) is 2. The van der Waals surface area contributed by atoms with Crippen molar-refractivity contribution in [3.63, 3.8) is 0 Å². The molecule has 168 valence electrons. The largest absolute Gasteiger partial charge is 0.494 e. The molecule has 0 spiro atoms. The highest BCUT2D eigenvalue weighted by atomic mass is 35.5. The predicted molar refractivity (Wildman–Crippen MR) is 129 cm³/mol. The first-order valence-electron chi connectivity index (χ1n) is 10.00. The molecule has 0 saturated carbocycles. The molecule has 0 atom stereocenters. The summed E-state index contributed by atoms with van der Waals surface area (Å²) in [6.07, 6.45) is 1.49. The van der Waals surface area contributed by atoms with Crippen molar-refractivity contribution in [2.45, 2.75) is 0 Å². The lowest BCUT2D eigenvalue weighted by Gasteiger charge is -2.34. The molecule has 2 aromatic heterocycles. The maximum Gasteiger partial charge on any atom is 0.260 e. The smallest absolute Gasteiger partial charge is 0.260 e. The van der Waals surface area contributed by atoms with Crippen molar-refractivity contribution >= 4 is 57.7 Å². The number of likely N-dealkylation sites (N-methyl/N-ethyl adjacent to an activating group) is 1. The van der Waals surface area contributed by atoms with Crippen LogP contribution in [0.15, 0.2) is 35.8 Å². The average Bonchev–Trinajstić information content (AvgIpc) is 3.25. The third-order valence-corrected chi connectivity index (χ3v) is 6.39. The second kappa shape index (κ2) is 9.60. The van der Waals surface area contributed by atoms with Crippen LogP contribution >= 0.6 is 22.9 Å². The number of anilines is 5. The second-order valence-electron chi connectivity index (χ2n) is 7.34. The zero-order chi connectivity index (χ0) is 22.7. The van der Waals surface area contributed by atoms with Gasteiger partial charge in [0.15, 0.2) is 5.82 Å². The molecule has 0 aliphatic carbocycles. The number of aromatic nitrogens is 2. The molecule has 1 aliphatic rings. The molecule has 1 aromatic carbocycles. The Morgan fingerprint density at radius 1 is 1.19 bits per heavy atom. The van der Waals surface area contributed by atoms with E-state index in [4.69, 9.17) is 22.1 Å². The standard InChI is InChI=1S/C21H24ClN7O2S/c1-28-6-8-29(9-7-28)13-3-4-15(17(11-13)31-2)26-21-24-12-14(22)20(27-21)25-16-5-10-32-18(16)19(23)30/h3-5,10-12H,6-9H2,1-2H3,(H2,23,30)(H2,24,25,26,27). The number of piperazine rings is 1. The van der Waals surface area contributed by atoms with Crippen molar-refractivity contribution in [3.8, 4) is 5.75 Å². The van der Waals surface area contributed by atoms with E-state index in [0.717, 1.165) is 37.6 Å². The van der Waals surface area contributed by atoms with Crippen molar-refractivity contribution in [2.24, 2.45) is 5.73 Å². The number of benzene rings is 1. The lowest BCUT2D eigenvalue weighted by Crippen LogP contribution is -2.44. The molecule has 32 heavy (non-hydrogen) atoms. The highest BCUT2D eigenvalue weighted by molar-refractivity contribution is 7.12. The molecule has 1 fully saturated rings. The van der Waals surface area contributed by atoms with E-state index < -0.39 is 5.91 Å². The number of primary amides is 1. The predicted octanol–water partition coefficient (Wildman–Crippen LogP) is 3.54. The van der Waals surface area contributed by atoms with Crippen LogP contribution in [0.4, 0.5) is 28.8 Å². The average molecular weight is 474 g/mol. The highest BCUT2D eigenvalue weighted by Crippen LogP contribution is 2.33. The fraction of sp³-hybridized carbons (Fsp3) is 0.286. The van der Waals surface area contributed by atoms with Gasteiger partial charge in [0.1, 0.15) is 15.6 Å². The summed E-state index contributed by atoms with van der Waals surface area (Å²) in [5.41, 5.74) is 7.80. The number of carbonyl (C=O) groups is 1. The summed E-state index contributed by atoms with van der Waals surface area (Å²) in [6.45, 7) is 3.99. The minimum atomic E-state index is -0.517. The molecular formula is C21H24ClN7O2S. The molecule has 1 aliphatic heterocycles. The van der Waals surface area contributed by atoms with E-state index in [-0.39, 0.29) is 0 Å². The topological polar surface area (TPSA) is 109 Å². The van der Waals surface area contributed by atoms with Gasteiger partial charge in [0.05, 0.1) is 24.7 Å². The second-order valence-corrected chi connectivity index (χ2v) is 8.67. The number of methoxy groups -OCH3 is 1. The van der Waals surface area contributed by atoms with Crippen molar-refractivity contribution in [3.05, 3.63) is 45.7 Å². The summed E-state index contributed by atoms with van der Waals surface area (Å²) in [6, 6.07) is 7.75. The summed E-state index contributed by atoms with van der Waals surface area (Å²) < 4.78 is 5.60. The number of hydrogen-bond acceptors (Lipinski definition) is 9. The summed E-state index contributed by atoms with van der Waals surface area (Å²) in [7, 11) is 3.76. The van der Waals surface area contributed by atoms with Gasteiger partial charge in [-0.05, 0) is 30.6 Å². The van der Waals surface area contributed by atoms with Crippen LogP contribution in [0.25, 0.3) is 0 Å². The van der Waals surface area contributed by atoms with Gasteiger partial charge in [-0.25, -0.2) is 4.98 Å². The van der Waals surface area contributed by atoms with Crippen molar-refractivity contribution in [2.75, 3.05) is 55.9 Å². The third-order valence-electron chi connectivity index (χ3n) is 5.19. The molecule has 0 unspecified atom stereocenters. The summed E-state index contributed by atoms with van der Waals surface area (Å²) in [5, 5.41) is 8.32. The van der Waals surface area contributed by atoms with Crippen LogP contribution in [0.5, 0.6) is 5.75 Å². The molecule has 4 rings (SSSR count). The quantitative estimate of drug-likeness (QED) is 0.478. The molecule has 11 heteroatoms. The van der Waals surface area contributed by atoms with Crippen molar-refractivity contribution in [1.82, 2.24) is 14.9 Å². The van der Waals surface area contributed by atoms with E-state index >= 15 is 0 Å². The number of halogens is 1. The number of amides is 1. The maximum absolute atomic E-state index is 11.6. The van der Waals surface area contributed by atoms with Crippen molar-refractivity contribution < 1.29 is 9.53 Å². The minimum Gasteiger partial charge on any atom is -0.494 e. The van der Waals surface area contributed by atoms with E-state index in [9.17, 15) is 4.79 Å². The van der Waals surface area contributed by atoms with E-state index in [1.807, 2.05) is 12.1 Å². The SMILES string of the molecule is COc1cc(N2CCN(C)CC2)ccc1Nc1ncc(Cl)c(Nc2ccsc2C(N)=O)n1. The van der Waals surface area contributed by atoms with Crippen LogP contribution in [-0.2, 0) is 0 Å². The van der Waals surface area contributed by atoms with Gasteiger partial charge in [-0.2, -0.15) is 4.98 Å². The molecule has 9 nitrogen and oxygen atoms in total. The fourth-order valence-electron chi connectivity index (χ4n) is 3.41. The highest BCUT2D eigenvalue weighted by Gasteiger charge is 2.17. The fourth-order valence-corrected chi connectivity index (χ4v) is 4.25. The zero-order valence-corrected chi connectivity index (χ0v) is 19.3. The lowest BCUT2D eigenvalue weighted by molar-refractivity contribution is 0.100. The molecule has 3 aromatic rings. The number of hydrogen-bond donors (Lipinski definition) is 3. The molecule has 4 N–H and O–H groups in total. The maximum atomic E-state index is 11.6. The summed E-state index contributed by atoms with van der Waals surface area (Å²) in [4.78, 5) is 25.4. The number of thiophene rings is 1. The zero-order valence-electron chi connectivity index (χ0n) is 17.8. The molecule has 1 saturated heterocycles. The Hall–Kier alpha value is -3.08. The Balaban J connectivity index is 1.54. The van der Waals surface area contributed by atoms with Gasteiger partial charge in [-0.15, -0.1) is 11.3 Å². The summed E-state index contributed by atoms with van der Waals surface area (Å²) >= 11 is 7.51. The van der Waals surface area contributed by atoms with Crippen LogP contribution in [-0.4, -0.2) is 61.1 Å². The van der Waals surface area contributed by atoms with Gasteiger partial charge >= 0.3 is 0 Å². The summed E-state index contributed by atoms with van der Waals surface area (Å²) in [5.74, 6) is 0.857. The van der Waals surface area contributed by atoms with Gasteiger partial charge in [0.2, 0.25) is 5.95 Å².